The third kappa shape index (κ3) is 4.00. The fourth-order valence-corrected chi connectivity index (χ4v) is 4.88. The zero-order chi connectivity index (χ0) is 20.4. The van der Waals surface area contributed by atoms with Gasteiger partial charge in [-0.05, 0) is 31.9 Å². The molecule has 0 aliphatic heterocycles. The van der Waals surface area contributed by atoms with Crippen LogP contribution in [0.2, 0.25) is 0 Å². The van der Waals surface area contributed by atoms with Gasteiger partial charge >= 0.3 is 0 Å². The maximum absolute atomic E-state index is 13.8. The summed E-state index contributed by atoms with van der Waals surface area (Å²) in [5.41, 5.74) is 2.19. The Balaban J connectivity index is 1.73. The summed E-state index contributed by atoms with van der Waals surface area (Å²) in [6.07, 6.45) is 4.42. The molecule has 0 spiro atoms. The van der Waals surface area contributed by atoms with E-state index in [9.17, 15) is 9.18 Å². The zero-order valence-corrected chi connectivity index (χ0v) is 17.4. The van der Waals surface area contributed by atoms with E-state index >= 15 is 0 Å². The summed E-state index contributed by atoms with van der Waals surface area (Å²) >= 11 is 1.36. The first-order valence-electron chi connectivity index (χ1n) is 9.90. The number of nitrogens with one attached hydrogen (secondary N) is 2. The van der Waals surface area contributed by atoms with Gasteiger partial charge in [0, 0.05) is 31.0 Å². The third-order valence-electron chi connectivity index (χ3n) is 5.30. The molecule has 1 fully saturated rings. The maximum Gasteiger partial charge on any atom is 0.263 e. The lowest BCUT2D eigenvalue weighted by Crippen LogP contribution is -2.32. The highest BCUT2D eigenvalue weighted by Crippen LogP contribution is 2.35. The van der Waals surface area contributed by atoms with E-state index in [1.165, 1.54) is 36.3 Å². The molecule has 2 aromatic heterocycles. The molecule has 1 aliphatic carbocycles. The number of thiazole rings is 1. The molecular weight excluding hydrogens is 391 g/mol. The van der Waals surface area contributed by atoms with E-state index in [2.05, 4.69) is 10.6 Å². The number of benzene rings is 1. The Kier molecular flexibility index (Phi) is 5.82. The average Bonchev–Trinajstić information content (AvgIpc) is 3.40. The number of hydrogen-bond donors (Lipinski definition) is 2. The number of carbonyl (C=O) groups excluding carboxylic acids is 1. The van der Waals surface area contributed by atoms with E-state index in [0.717, 1.165) is 24.4 Å². The summed E-state index contributed by atoms with van der Waals surface area (Å²) in [4.78, 5) is 18.9. The Labute approximate surface area is 173 Å². The Hall–Kier alpha value is -2.45. The largest absolute Gasteiger partial charge is 0.383 e. The summed E-state index contributed by atoms with van der Waals surface area (Å²) < 4.78 is 20.9. The Morgan fingerprint density at radius 2 is 2.17 bits per heavy atom. The molecule has 0 saturated heterocycles. The minimum Gasteiger partial charge on any atom is -0.383 e. The van der Waals surface area contributed by atoms with Gasteiger partial charge in [0.25, 0.3) is 5.91 Å². The van der Waals surface area contributed by atoms with Crippen LogP contribution < -0.4 is 10.6 Å². The topological polar surface area (TPSA) is 67.7 Å². The highest BCUT2D eigenvalue weighted by molar-refractivity contribution is 7.19. The number of aromatic nitrogens is 2. The van der Waals surface area contributed by atoms with Crippen LogP contribution in [0.25, 0.3) is 16.2 Å². The van der Waals surface area contributed by atoms with Crippen LogP contribution in [-0.2, 0) is 4.74 Å². The molecular formula is C21H25FN4O2S. The summed E-state index contributed by atoms with van der Waals surface area (Å²) in [6, 6.07) is 6.65. The minimum absolute atomic E-state index is 0.0416. The number of ether oxygens (including phenoxy) is 1. The molecule has 1 aromatic carbocycles. The lowest BCUT2D eigenvalue weighted by atomic mass is 10.1. The second-order valence-corrected chi connectivity index (χ2v) is 8.31. The SMILES string of the molecule is COCCNc1c(-c2cccc(F)c2)nc2sc(C(=O)NC3CCCC3)c(C)n12. The van der Waals surface area contributed by atoms with Gasteiger partial charge in [-0.3, -0.25) is 9.20 Å². The van der Waals surface area contributed by atoms with E-state index in [1.54, 1.807) is 13.2 Å². The Bertz CT molecular complexity index is 1020. The minimum atomic E-state index is -0.310. The van der Waals surface area contributed by atoms with E-state index < -0.39 is 0 Å². The molecule has 0 radical (unpaired) electrons. The number of carbonyl (C=O) groups is 1. The van der Waals surface area contributed by atoms with Gasteiger partial charge < -0.3 is 15.4 Å². The molecule has 0 bridgehead atoms. The predicted octanol–water partition coefficient (Wildman–Crippen LogP) is 4.24. The number of methoxy groups -OCH3 is 1. The maximum atomic E-state index is 13.8. The van der Waals surface area contributed by atoms with Crippen LogP contribution >= 0.6 is 11.3 Å². The van der Waals surface area contributed by atoms with E-state index in [0.29, 0.717) is 34.2 Å². The number of imidazole rings is 1. The lowest BCUT2D eigenvalue weighted by molar-refractivity contribution is 0.0941. The van der Waals surface area contributed by atoms with Crippen LogP contribution in [0.5, 0.6) is 0 Å². The number of hydrogen-bond acceptors (Lipinski definition) is 5. The highest BCUT2D eigenvalue weighted by atomic mass is 32.1. The number of halogens is 1. The second kappa shape index (κ2) is 8.51. The van der Waals surface area contributed by atoms with E-state index in [1.807, 2.05) is 17.4 Å². The first-order chi connectivity index (χ1) is 14.1. The van der Waals surface area contributed by atoms with Crippen molar-refractivity contribution in [1.82, 2.24) is 14.7 Å². The smallest absolute Gasteiger partial charge is 0.263 e. The predicted molar refractivity (Wildman–Crippen MR) is 113 cm³/mol. The van der Waals surface area contributed by atoms with Crippen molar-refractivity contribution in [3.05, 3.63) is 40.7 Å². The standard InChI is InChI=1S/C21H25FN4O2S/c1-13-18(20(27)24-16-8-3-4-9-16)29-21-25-17(14-6-5-7-15(22)12-14)19(26(13)21)23-10-11-28-2/h5-7,12,16,23H,3-4,8-11H2,1-2H3,(H,24,27). The molecule has 1 amide bonds. The molecule has 1 aliphatic rings. The molecule has 0 unspecified atom stereocenters. The van der Waals surface area contributed by atoms with Crippen LogP contribution in [0.3, 0.4) is 0 Å². The molecule has 3 aromatic rings. The molecule has 8 heteroatoms. The fraction of sp³-hybridized carbons (Fsp3) is 0.429. The van der Waals surface area contributed by atoms with Crippen molar-refractivity contribution < 1.29 is 13.9 Å². The normalized spacial score (nSPS) is 14.6. The van der Waals surface area contributed by atoms with Crippen molar-refractivity contribution in [2.24, 2.45) is 0 Å². The number of rotatable bonds is 7. The van der Waals surface area contributed by atoms with E-state index in [-0.39, 0.29) is 17.8 Å². The monoisotopic (exact) mass is 416 g/mol. The summed E-state index contributed by atoms with van der Waals surface area (Å²) in [5.74, 6) is 0.395. The van der Waals surface area contributed by atoms with Crippen molar-refractivity contribution in [3.63, 3.8) is 0 Å². The van der Waals surface area contributed by atoms with Crippen molar-refractivity contribution in [3.8, 4) is 11.3 Å². The molecule has 29 heavy (non-hydrogen) atoms. The fourth-order valence-electron chi connectivity index (χ4n) is 3.85. The summed E-state index contributed by atoms with van der Waals surface area (Å²) in [6.45, 7) is 3.02. The van der Waals surface area contributed by atoms with Crippen molar-refractivity contribution >= 4 is 28.0 Å². The van der Waals surface area contributed by atoms with Gasteiger partial charge in [0.05, 0.1) is 6.61 Å². The van der Waals surface area contributed by atoms with Crippen molar-refractivity contribution in [2.45, 2.75) is 38.6 Å². The molecule has 4 rings (SSSR count). The van der Waals surface area contributed by atoms with Crippen LogP contribution in [-0.4, -0.2) is 41.6 Å². The van der Waals surface area contributed by atoms with Gasteiger partial charge in [-0.1, -0.05) is 36.3 Å². The first kappa shape index (κ1) is 19.8. The van der Waals surface area contributed by atoms with Crippen LogP contribution in [0.15, 0.2) is 24.3 Å². The molecule has 6 nitrogen and oxygen atoms in total. The highest BCUT2D eigenvalue weighted by Gasteiger charge is 2.25. The summed E-state index contributed by atoms with van der Waals surface area (Å²) in [5, 5.41) is 6.50. The Morgan fingerprint density at radius 1 is 1.38 bits per heavy atom. The molecule has 2 N–H and O–H groups in total. The molecule has 1 saturated carbocycles. The van der Waals surface area contributed by atoms with E-state index in [4.69, 9.17) is 9.72 Å². The zero-order valence-electron chi connectivity index (χ0n) is 16.6. The number of amides is 1. The number of fused-ring (bicyclic) bond motifs is 1. The molecule has 2 heterocycles. The summed E-state index contributed by atoms with van der Waals surface area (Å²) in [7, 11) is 1.64. The van der Waals surface area contributed by atoms with Gasteiger partial charge in [0.2, 0.25) is 0 Å². The van der Waals surface area contributed by atoms with Gasteiger partial charge in [-0.15, -0.1) is 0 Å². The van der Waals surface area contributed by atoms with Crippen LogP contribution in [0.1, 0.15) is 41.0 Å². The number of anilines is 1. The van der Waals surface area contributed by atoms with Gasteiger partial charge in [0.15, 0.2) is 4.96 Å². The van der Waals surface area contributed by atoms with Crippen LogP contribution in [0.4, 0.5) is 10.2 Å². The third-order valence-corrected chi connectivity index (χ3v) is 6.44. The van der Waals surface area contributed by atoms with Gasteiger partial charge in [-0.25, -0.2) is 9.37 Å². The lowest BCUT2D eigenvalue weighted by Gasteiger charge is -2.12. The van der Waals surface area contributed by atoms with Crippen molar-refractivity contribution in [2.75, 3.05) is 25.6 Å². The quantitative estimate of drug-likeness (QED) is 0.566. The first-order valence-corrected chi connectivity index (χ1v) is 10.7. The van der Waals surface area contributed by atoms with Gasteiger partial charge in [-0.2, -0.15) is 0 Å². The number of aryl methyl sites for hydroxylation is 1. The van der Waals surface area contributed by atoms with Gasteiger partial charge in [0.1, 0.15) is 22.2 Å². The number of nitrogens with zero attached hydrogens (tertiary/aromatic N) is 2. The Morgan fingerprint density at radius 3 is 2.90 bits per heavy atom. The van der Waals surface area contributed by atoms with Crippen LogP contribution in [0, 0.1) is 12.7 Å². The van der Waals surface area contributed by atoms with Crippen molar-refractivity contribution in [1.29, 1.82) is 0 Å². The second-order valence-electron chi connectivity index (χ2n) is 7.33. The molecule has 0 atom stereocenters. The molecule has 154 valence electrons. The average molecular weight is 417 g/mol.